The van der Waals surface area contributed by atoms with Gasteiger partial charge in [0.1, 0.15) is 0 Å². The second kappa shape index (κ2) is 8.26. The average Bonchev–Trinajstić information content (AvgIpc) is 2.89. The first-order valence-corrected chi connectivity index (χ1v) is 8.26. The van der Waals surface area contributed by atoms with E-state index in [2.05, 4.69) is 43.1 Å². The predicted octanol–water partition coefficient (Wildman–Crippen LogP) is 4.52. The van der Waals surface area contributed by atoms with Gasteiger partial charge < -0.3 is 5.32 Å². The van der Waals surface area contributed by atoms with Crippen molar-refractivity contribution in [2.45, 2.75) is 57.9 Å². The summed E-state index contributed by atoms with van der Waals surface area (Å²) in [5.41, 5.74) is 3.15. The Bertz CT molecular complexity index is 385. The summed E-state index contributed by atoms with van der Waals surface area (Å²) in [7, 11) is 0. The first-order chi connectivity index (χ1) is 9.85. The Morgan fingerprint density at radius 2 is 1.90 bits per heavy atom. The molecule has 1 aromatic carbocycles. The maximum atomic E-state index is 3.80. The number of benzene rings is 1. The van der Waals surface area contributed by atoms with Crippen LogP contribution in [-0.2, 0) is 12.8 Å². The van der Waals surface area contributed by atoms with Crippen LogP contribution in [0.1, 0.15) is 50.2 Å². The third kappa shape index (κ3) is 4.21. The van der Waals surface area contributed by atoms with Gasteiger partial charge in [-0.3, -0.25) is 0 Å². The van der Waals surface area contributed by atoms with Gasteiger partial charge >= 0.3 is 0 Å². The summed E-state index contributed by atoms with van der Waals surface area (Å²) in [5.74, 6) is 0.798. The standard InChI is InChI=1S/C19H29N/c1-3-5-6-7-8-13-19(20-4-2)18-14-16-11-9-10-12-17(16)15-18/h3,9-12,18-20H,1,4-8,13-15H2,2H3. The molecule has 0 aromatic heterocycles. The summed E-state index contributed by atoms with van der Waals surface area (Å²) in [6, 6.07) is 9.67. The van der Waals surface area contributed by atoms with Crippen LogP contribution in [0.5, 0.6) is 0 Å². The molecule has 1 unspecified atom stereocenters. The van der Waals surface area contributed by atoms with Crippen molar-refractivity contribution in [1.29, 1.82) is 0 Å². The second-order valence-corrected chi connectivity index (χ2v) is 6.03. The number of hydrogen-bond acceptors (Lipinski definition) is 1. The molecule has 1 aliphatic carbocycles. The molecule has 0 radical (unpaired) electrons. The minimum absolute atomic E-state index is 0.691. The van der Waals surface area contributed by atoms with Gasteiger partial charge in [-0.15, -0.1) is 6.58 Å². The van der Waals surface area contributed by atoms with E-state index < -0.39 is 0 Å². The molecule has 2 rings (SSSR count). The predicted molar refractivity (Wildman–Crippen MR) is 88.1 cm³/mol. The van der Waals surface area contributed by atoms with E-state index in [1.807, 2.05) is 6.08 Å². The summed E-state index contributed by atoms with van der Waals surface area (Å²) in [6.07, 6.45) is 11.0. The van der Waals surface area contributed by atoms with Gasteiger partial charge in [0, 0.05) is 6.04 Å². The lowest BCUT2D eigenvalue weighted by Crippen LogP contribution is -2.36. The first kappa shape index (κ1) is 15.3. The van der Waals surface area contributed by atoms with Crippen LogP contribution in [0.15, 0.2) is 36.9 Å². The third-order valence-corrected chi connectivity index (χ3v) is 4.54. The van der Waals surface area contributed by atoms with Crippen molar-refractivity contribution in [2.24, 2.45) is 5.92 Å². The minimum atomic E-state index is 0.691. The van der Waals surface area contributed by atoms with E-state index in [0.29, 0.717) is 6.04 Å². The zero-order valence-corrected chi connectivity index (χ0v) is 12.9. The second-order valence-electron chi connectivity index (χ2n) is 6.03. The summed E-state index contributed by atoms with van der Waals surface area (Å²) >= 11 is 0. The molecule has 0 saturated heterocycles. The summed E-state index contributed by atoms with van der Waals surface area (Å²) < 4.78 is 0. The van der Waals surface area contributed by atoms with Crippen LogP contribution >= 0.6 is 0 Å². The van der Waals surface area contributed by atoms with E-state index in [1.165, 1.54) is 44.9 Å². The average molecular weight is 271 g/mol. The van der Waals surface area contributed by atoms with E-state index >= 15 is 0 Å². The largest absolute Gasteiger partial charge is 0.314 e. The maximum absolute atomic E-state index is 3.80. The summed E-state index contributed by atoms with van der Waals surface area (Å²) in [4.78, 5) is 0. The molecule has 0 amide bonds. The van der Waals surface area contributed by atoms with Gasteiger partial charge in [-0.25, -0.2) is 0 Å². The Labute approximate surface area is 124 Å². The minimum Gasteiger partial charge on any atom is -0.314 e. The quantitative estimate of drug-likeness (QED) is 0.514. The third-order valence-electron chi connectivity index (χ3n) is 4.54. The molecule has 1 N–H and O–H groups in total. The van der Waals surface area contributed by atoms with Gasteiger partial charge in [0.15, 0.2) is 0 Å². The molecule has 20 heavy (non-hydrogen) atoms. The summed E-state index contributed by atoms with van der Waals surface area (Å²) in [5, 5.41) is 3.73. The van der Waals surface area contributed by atoms with Crippen molar-refractivity contribution in [3.05, 3.63) is 48.0 Å². The number of nitrogens with one attached hydrogen (secondary N) is 1. The monoisotopic (exact) mass is 271 g/mol. The summed E-state index contributed by atoms with van der Waals surface area (Å²) in [6.45, 7) is 7.11. The first-order valence-electron chi connectivity index (χ1n) is 8.26. The van der Waals surface area contributed by atoms with Crippen LogP contribution in [-0.4, -0.2) is 12.6 Å². The van der Waals surface area contributed by atoms with Crippen LogP contribution in [0.3, 0.4) is 0 Å². The lowest BCUT2D eigenvalue weighted by Gasteiger charge is -2.24. The number of allylic oxidation sites excluding steroid dienone is 1. The van der Waals surface area contributed by atoms with Crippen molar-refractivity contribution in [2.75, 3.05) is 6.54 Å². The van der Waals surface area contributed by atoms with Crippen molar-refractivity contribution in [3.8, 4) is 0 Å². The molecule has 1 heteroatoms. The Kier molecular flexibility index (Phi) is 6.32. The highest BCUT2D eigenvalue weighted by molar-refractivity contribution is 5.32. The molecular weight excluding hydrogens is 242 g/mol. The molecule has 0 bridgehead atoms. The van der Waals surface area contributed by atoms with Gasteiger partial charge in [-0.05, 0) is 55.7 Å². The Morgan fingerprint density at radius 3 is 2.50 bits per heavy atom. The molecule has 0 spiro atoms. The normalized spacial score (nSPS) is 16.1. The molecule has 0 heterocycles. The van der Waals surface area contributed by atoms with Crippen LogP contribution in [0.4, 0.5) is 0 Å². The molecule has 1 aromatic rings. The Morgan fingerprint density at radius 1 is 1.20 bits per heavy atom. The highest BCUT2D eigenvalue weighted by Gasteiger charge is 2.27. The molecule has 1 atom stereocenters. The van der Waals surface area contributed by atoms with Gasteiger partial charge in [0.2, 0.25) is 0 Å². The molecular formula is C19H29N. The van der Waals surface area contributed by atoms with Crippen molar-refractivity contribution < 1.29 is 0 Å². The van der Waals surface area contributed by atoms with Gasteiger partial charge in [0.05, 0.1) is 0 Å². The van der Waals surface area contributed by atoms with E-state index in [-0.39, 0.29) is 0 Å². The molecule has 0 fully saturated rings. The zero-order valence-electron chi connectivity index (χ0n) is 12.9. The van der Waals surface area contributed by atoms with Crippen LogP contribution in [0.25, 0.3) is 0 Å². The van der Waals surface area contributed by atoms with E-state index in [0.717, 1.165) is 12.5 Å². The maximum Gasteiger partial charge on any atom is 0.0102 e. The lowest BCUT2D eigenvalue weighted by atomic mass is 9.92. The van der Waals surface area contributed by atoms with E-state index in [9.17, 15) is 0 Å². The number of rotatable bonds is 9. The lowest BCUT2D eigenvalue weighted by molar-refractivity contribution is 0.341. The van der Waals surface area contributed by atoms with Crippen LogP contribution in [0.2, 0.25) is 0 Å². The van der Waals surface area contributed by atoms with E-state index in [4.69, 9.17) is 0 Å². The fourth-order valence-corrected chi connectivity index (χ4v) is 3.47. The van der Waals surface area contributed by atoms with E-state index in [1.54, 1.807) is 11.1 Å². The van der Waals surface area contributed by atoms with Crippen molar-refractivity contribution >= 4 is 0 Å². The SMILES string of the molecule is C=CCCCCCC(NCC)C1Cc2ccccc2C1. The van der Waals surface area contributed by atoms with Gasteiger partial charge in [0.25, 0.3) is 0 Å². The fourth-order valence-electron chi connectivity index (χ4n) is 3.47. The number of hydrogen-bond donors (Lipinski definition) is 1. The highest BCUT2D eigenvalue weighted by Crippen LogP contribution is 2.30. The molecule has 110 valence electrons. The topological polar surface area (TPSA) is 12.0 Å². The smallest absolute Gasteiger partial charge is 0.0102 e. The number of fused-ring (bicyclic) bond motifs is 1. The zero-order chi connectivity index (χ0) is 14.2. The Balaban J connectivity index is 1.82. The van der Waals surface area contributed by atoms with Gasteiger partial charge in [-0.2, -0.15) is 0 Å². The van der Waals surface area contributed by atoms with Crippen LogP contribution < -0.4 is 5.32 Å². The van der Waals surface area contributed by atoms with Crippen molar-refractivity contribution in [3.63, 3.8) is 0 Å². The fraction of sp³-hybridized carbons (Fsp3) is 0.579. The van der Waals surface area contributed by atoms with Crippen LogP contribution in [0, 0.1) is 5.92 Å². The number of unbranched alkanes of at least 4 members (excludes halogenated alkanes) is 3. The van der Waals surface area contributed by atoms with Crippen molar-refractivity contribution in [1.82, 2.24) is 5.32 Å². The molecule has 0 saturated carbocycles. The molecule has 0 aliphatic heterocycles. The molecule has 1 nitrogen and oxygen atoms in total. The Hall–Kier alpha value is -1.08. The van der Waals surface area contributed by atoms with Gasteiger partial charge in [-0.1, -0.05) is 50.1 Å². The highest BCUT2D eigenvalue weighted by atomic mass is 14.9. The molecule has 1 aliphatic rings.